The Labute approximate surface area is 162 Å². The second kappa shape index (κ2) is 7.53. The number of likely N-dealkylation sites (tertiary alicyclic amines) is 1. The van der Waals surface area contributed by atoms with Gasteiger partial charge < -0.3 is 10.2 Å². The van der Waals surface area contributed by atoms with Crippen molar-refractivity contribution in [1.29, 1.82) is 0 Å². The van der Waals surface area contributed by atoms with Gasteiger partial charge in [-0.15, -0.1) is 0 Å². The number of fused-ring (bicyclic) bond motifs is 1. The summed E-state index contributed by atoms with van der Waals surface area (Å²) in [5, 5.41) is 4.54. The molecule has 1 aromatic heterocycles. The van der Waals surface area contributed by atoms with Crippen molar-refractivity contribution >= 4 is 34.1 Å². The molecule has 1 fully saturated rings. The van der Waals surface area contributed by atoms with Crippen LogP contribution in [-0.4, -0.2) is 28.9 Å². The highest BCUT2D eigenvalue weighted by molar-refractivity contribution is 6.31. The summed E-state index contributed by atoms with van der Waals surface area (Å²) in [6, 6.07) is 11.9. The number of pyridine rings is 1. The van der Waals surface area contributed by atoms with E-state index in [0.29, 0.717) is 33.7 Å². The monoisotopic (exact) mass is 383 g/mol. The SMILES string of the molecule is O=C(c1cnc2ccc(F)cc2c1NCc1ccccc1Cl)N1CCCC1. The maximum absolute atomic E-state index is 13.9. The molecule has 1 saturated heterocycles. The molecular formula is C21H19ClFN3O. The fourth-order valence-corrected chi connectivity index (χ4v) is 3.64. The Bertz CT molecular complexity index is 1000. The van der Waals surface area contributed by atoms with Crippen molar-refractivity contribution < 1.29 is 9.18 Å². The number of nitrogens with one attached hydrogen (secondary N) is 1. The first-order chi connectivity index (χ1) is 13.1. The van der Waals surface area contributed by atoms with E-state index in [1.54, 1.807) is 12.3 Å². The van der Waals surface area contributed by atoms with Gasteiger partial charge in [0.2, 0.25) is 0 Å². The molecule has 2 heterocycles. The van der Waals surface area contributed by atoms with E-state index in [9.17, 15) is 9.18 Å². The van der Waals surface area contributed by atoms with Gasteiger partial charge in [0.15, 0.2) is 0 Å². The van der Waals surface area contributed by atoms with Crippen LogP contribution in [0.3, 0.4) is 0 Å². The molecule has 2 aromatic carbocycles. The Balaban J connectivity index is 1.76. The highest BCUT2D eigenvalue weighted by Gasteiger charge is 2.23. The maximum atomic E-state index is 13.9. The second-order valence-electron chi connectivity index (χ2n) is 6.65. The molecule has 138 valence electrons. The lowest BCUT2D eigenvalue weighted by molar-refractivity contribution is 0.0793. The average molecular weight is 384 g/mol. The molecule has 1 amide bonds. The van der Waals surface area contributed by atoms with Crippen LogP contribution in [0, 0.1) is 5.82 Å². The highest BCUT2D eigenvalue weighted by Crippen LogP contribution is 2.29. The normalized spacial score (nSPS) is 13.9. The second-order valence-corrected chi connectivity index (χ2v) is 7.06. The van der Waals surface area contributed by atoms with Crippen molar-refractivity contribution in [3.05, 3.63) is 70.6 Å². The van der Waals surface area contributed by atoms with Crippen LogP contribution in [0.5, 0.6) is 0 Å². The van der Waals surface area contributed by atoms with Crippen molar-refractivity contribution in [2.45, 2.75) is 19.4 Å². The van der Waals surface area contributed by atoms with Gasteiger partial charge in [-0.25, -0.2) is 4.39 Å². The predicted molar refractivity (Wildman–Crippen MR) is 106 cm³/mol. The number of anilines is 1. The maximum Gasteiger partial charge on any atom is 0.257 e. The number of carbonyl (C=O) groups excluding carboxylic acids is 1. The van der Waals surface area contributed by atoms with Crippen LogP contribution in [0.4, 0.5) is 10.1 Å². The molecular weight excluding hydrogens is 365 g/mol. The summed E-state index contributed by atoms with van der Waals surface area (Å²) in [7, 11) is 0. The Morgan fingerprint density at radius 3 is 2.74 bits per heavy atom. The van der Waals surface area contributed by atoms with Gasteiger partial charge in [-0.3, -0.25) is 9.78 Å². The molecule has 0 unspecified atom stereocenters. The molecule has 1 N–H and O–H groups in total. The van der Waals surface area contributed by atoms with E-state index in [0.717, 1.165) is 31.5 Å². The summed E-state index contributed by atoms with van der Waals surface area (Å²) >= 11 is 6.25. The zero-order valence-electron chi connectivity index (χ0n) is 14.7. The van der Waals surface area contributed by atoms with Crippen molar-refractivity contribution in [2.24, 2.45) is 0 Å². The summed E-state index contributed by atoms with van der Waals surface area (Å²) in [6.07, 6.45) is 3.59. The Morgan fingerprint density at radius 1 is 1.19 bits per heavy atom. The third-order valence-corrected chi connectivity index (χ3v) is 5.24. The number of benzene rings is 2. The topological polar surface area (TPSA) is 45.2 Å². The summed E-state index contributed by atoms with van der Waals surface area (Å²) in [5.74, 6) is -0.441. The smallest absolute Gasteiger partial charge is 0.257 e. The van der Waals surface area contributed by atoms with Crippen molar-refractivity contribution in [3.8, 4) is 0 Å². The summed E-state index contributed by atoms with van der Waals surface area (Å²) in [4.78, 5) is 19.2. The van der Waals surface area contributed by atoms with Crippen molar-refractivity contribution in [2.75, 3.05) is 18.4 Å². The van der Waals surface area contributed by atoms with Crippen LogP contribution in [0.2, 0.25) is 5.02 Å². The quantitative estimate of drug-likeness (QED) is 0.698. The molecule has 3 aromatic rings. The number of hydrogen-bond acceptors (Lipinski definition) is 3. The van der Waals surface area contributed by atoms with E-state index in [2.05, 4.69) is 10.3 Å². The molecule has 4 rings (SSSR count). The number of amides is 1. The molecule has 0 bridgehead atoms. The van der Waals surface area contributed by atoms with E-state index in [1.165, 1.54) is 12.1 Å². The highest BCUT2D eigenvalue weighted by atomic mass is 35.5. The summed E-state index contributed by atoms with van der Waals surface area (Å²) in [6.45, 7) is 1.91. The molecule has 0 atom stereocenters. The minimum Gasteiger partial charge on any atom is -0.380 e. The van der Waals surface area contributed by atoms with E-state index in [4.69, 9.17) is 11.6 Å². The number of carbonyl (C=O) groups is 1. The van der Waals surface area contributed by atoms with Gasteiger partial charge >= 0.3 is 0 Å². The number of halogens is 2. The van der Waals surface area contributed by atoms with E-state index in [1.807, 2.05) is 29.2 Å². The van der Waals surface area contributed by atoms with Gasteiger partial charge in [0.1, 0.15) is 5.82 Å². The number of hydrogen-bond donors (Lipinski definition) is 1. The number of rotatable bonds is 4. The lowest BCUT2D eigenvalue weighted by atomic mass is 10.1. The van der Waals surface area contributed by atoms with E-state index >= 15 is 0 Å². The lowest BCUT2D eigenvalue weighted by Crippen LogP contribution is -2.28. The predicted octanol–water partition coefficient (Wildman–Crippen LogP) is 4.88. The van der Waals surface area contributed by atoms with Crippen LogP contribution in [0.1, 0.15) is 28.8 Å². The van der Waals surface area contributed by atoms with Crippen LogP contribution >= 0.6 is 11.6 Å². The Hall–Kier alpha value is -2.66. The van der Waals surface area contributed by atoms with Gasteiger partial charge in [-0.2, -0.15) is 0 Å². The molecule has 0 saturated carbocycles. The minimum absolute atomic E-state index is 0.0761. The summed E-state index contributed by atoms with van der Waals surface area (Å²) < 4.78 is 13.9. The Kier molecular flexibility index (Phi) is 4.94. The van der Waals surface area contributed by atoms with E-state index < -0.39 is 0 Å². The molecule has 1 aliphatic rings. The Morgan fingerprint density at radius 2 is 1.96 bits per heavy atom. The van der Waals surface area contributed by atoms with Crippen molar-refractivity contribution in [3.63, 3.8) is 0 Å². The molecule has 0 spiro atoms. The van der Waals surface area contributed by atoms with Crippen LogP contribution < -0.4 is 5.32 Å². The number of nitrogens with zero attached hydrogens (tertiary/aromatic N) is 2. The standard InChI is InChI=1S/C21H19ClFN3O/c22-18-6-2-1-5-14(18)12-25-20-16-11-15(23)7-8-19(16)24-13-17(20)21(27)26-9-3-4-10-26/h1-2,5-8,11,13H,3-4,9-10,12H2,(H,24,25). The molecule has 0 aliphatic carbocycles. The average Bonchev–Trinajstić information content (AvgIpc) is 3.21. The van der Waals surface area contributed by atoms with Gasteiger partial charge in [-0.1, -0.05) is 29.8 Å². The largest absolute Gasteiger partial charge is 0.380 e. The fourth-order valence-electron chi connectivity index (χ4n) is 3.43. The first-order valence-electron chi connectivity index (χ1n) is 8.98. The number of aromatic nitrogens is 1. The molecule has 6 heteroatoms. The molecule has 4 nitrogen and oxygen atoms in total. The van der Waals surface area contributed by atoms with Crippen molar-refractivity contribution in [1.82, 2.24) is 9.88 Å². The minimum atomic E-state index is -0.365. The molecule has 0 radical (unpaired) electrons. The fraction of sp³-hybridized carbons (Fsp3) is 0.238. The molecule has 1 aliphatic heterocycles. The first-order valence-corrected chi connectivity index (χ1v) is 9.36. The molecule has 27 heavy (non-hydrogen) atoms. The zero-order valence-corrected chi connectivity index (χ0v) is 15.5. The lowest BCUT2D eigenvalue weighted by Gasteiger charge is -2.20. The van der Waals surface area contributed by atoms with Gasteiger partial charge in [-0.05, 0) is 42.7 Å². The third-order valence-electron chi connectivity index (χ3n) is 4.87. The van der Waals surface area contributed by atoms with Crippen LogP contribution in [0.25, 0.3) is 10.9 Å². The van der Waals surface area contributed by atoms with Crippen LogP contribution in [0.15, 0.2) is 48.7 Å². The third kappa shape index (κ3) is 3.60. The first kappa shape index (κ1) is 17.7. The zero-order chi connectivity index (χ0) is 18.8. The van der Waals surface area contributed by atoms with Crippen LogP contribution in [-0.2, 0) is 6.54 Å². The van der Waals surface area contributed by atoms with Gasteiger partial charge in [0, 0.05) is 36.2 Å². The summed E-state index contributed by atoms with van der Waals surface area (Å²) in [5.41, 5.74) is 2.59. The van der Waals surface area contributed by atoms with Gasteiger partial charge in [0.05, 0.1) is 16.8 Å². The van der Waals surface area contributed by atoms with E-state index in [-0.39, 0.29) is 11.7 Å². The van der Waals surface area contributed by atoms with Gasteiger partial charge in [0.25, 0.3) is 5.91 Å².